The van der Waals surface area contributed by atoms with Crippen molar-refractivity contribution < 1.29 is 9.15 Å². The zero-order chi connectivity index (χ0) is 21.2. The minimum absolute atomic E-state index is 0.329. The highest BCUT2D eigenvalue weighted by Gasteiger charge is 2.30. The molecule has 4 aromatic rings. The molecule has 2 aromatic carbocycles. The number of aromatic nitrogens is 4. The molecular weight excluding hydrogens is 432 g/mol. The van der Waals surface area contributed by atoms with Gasteiger partial charge in [-0.2, -0.15) is 0 Å². The Morgan fingerprint density at radius 2 is 1.94 bits per heavy atom. The van der Waals surface area contributed by atoms with Gasteiger partial charge in [0.1, 0.15) is 18.6 Å². The molecule has 6 nitrogen and oxygen atoms in total. The quantitative estimate of drug-likeness (QED) is 0.301. The Bertz CT molecular complexity index is 1180. The number of oxazole rings is 1. The maximum atomic E-state index is 6.19. The molecule has 0 atom stereocenters. The van der Waals surface area contributed by atoms with E-state index in [4.69, 9.17) is 20.8 Å². The largest absolute Gasteiger partial charge is 0.484 e. The number of para-hydroxylation sites is 1. The molecule has 2 aromatic heterocycles. The Balaban J connectivity index is 1.27. The molecule has 31 heavy (non-hydrogen) atoms. The summed E-state index contributed by atoms with van der Waals surface area (Å²) in [5.74, 6) is 2.75. The Labute approximate surface area is 189 Å². The van der Waals surface area contributed by atoms with Gasteiger partial charge in [0.15, 0.2) is 11.0 Å². The van der Waals surface area contributed by atoms with Gasteiger partial charge in [0.2, 0.25) is 5.89 Å². The molecule has 8 heteroatoms. The predicted octanol–water partition coefficient (Wildman–Crippen LogP) is 6.10. The second kappa shape index (κ2) is 8.77. The van der Waals surface area contributed by atoms with E-state index in [1.165, 1.54) is 5.56 Å². The van der Waals surface area contributed by atoms with Crippen LogP contribution in [0.2, 0.25) is 5.02 Å². The average Bonchev–Trinajstić information content (AvgIpc) is 3.36. The van der Waals surface area contributed by atoms with Crippen LogP contribution in [-0.4, -0.2) is 19.7 Å². The molecule has 0 saturated heterocycles. The molecule has 0 N–H and O–H groups in total. The van der Waals surface area contributed by atoms with Crippen LogP contribution in [0.1, 0.15) is 36.0 Å². The van der Waals surface area contributed by atoms with Crippen molar-refractivity contribution in [3.63, 3.8) is 0 Å². The number of nitrogens with zero attached hydrogens (tertiary/aromatic N) is 4. The molecule has 1 aliphatic rings. The molecule has 1 aliphatic carbocycles. The molecule has 2 heterocycles. The molecule has 0 amide bonds. The van der Waals surface area contributed by atoms with Gasteiger partial charge in [-0.3, -0.25) is 4.57 Å². The van der Waals surface area contributed by atoms with Crippen LogP contribution in [0.4, 0.5) is 0 Å². The van der Waals surface area contributed by atoms with E-state index in [1.807, 2.05) is 36.4 Å². The third-order valence-corrected chi connectivity index (χ3v) is 6.33. The van der Waals surface area contributed by atoms with E-state index in [2.05, 4.69) is 38.8 Å². The highest BCUT2D eigenvalue weighted by Crippen LogP contribution is 2.39. The lowest BCUT2D eigenvalue weighted by Crippen LogP contribution is -2.07. The number of hydrogen-bond donors (Lipinski definition) is 0. The summed E-state index contributed by atoms with van der Waals surface area (Å²) < 4.78 is 13.7. The van der Waals surface area contributed by atoms with E-state index in [9.17, 15) is 0 Å². The zero-order valence-electron chi connectivity index (χ0n) is 17.0. The predicted molar refractivity (Wildman–Crippen MR) is 120 cm³/mol. The van der Waals surface area contributed by atoms with Crippen molar-refractivity contribution in [2.45, 2.75) is 43.3 Å². The maximum absolute atomic E-state index is 6.19. The van der Waals surface area contributed by atoms with Gasteiger partial charge >= 0.3 is 0 Å². The molecule has 5 rings (SSSR count). The maximum Gasteiger partial charge on any atom is 0.226 e. The fourth-order valence-electron chi connectivity index (χ4n) is 3.25. The fraction of sp³-hybridized carbons (Fsp3) is 0.261. The van der Waals surface area contributed by atoms with Crippen molar-refractivity contribution in [2.75, 3.05) is 0 Å². The second-order valence-electron chi connectivity index (χ2n) is 7.52. The van der Waals surface area contributed by atoms with Gasteiger partial charge in [0.25, 0.3) is 0 Å². The summed E-state index contributed by atoms with van der Waals surface area (Å²) in [5, 5.41) is 10.2. The second-order valence-corrected chi connectivity index (χ2v) is 8.87. The lowest BCUT2D eigenvalue weighted by Gasteiger charge is -2.10. The monoisotopic (exact) mass is 452 g/mol. The molecule has 0 unspecified atom stereocenters. The van der Waals surface area contributed by atoms with Crippen LogP contribution in [0, 0.1) is 6.92 Å². The molecule has 158 valence electrons. The van der Waals surface area contributed by atoms with Gasteiger partial charge in [-0.15, -0.1) is 10.2 Å². The Morgan fingerprint density at radius 3 is 2.71 bits per heavy atom. The SMILES string of the molecule is Cc1ccc(-c2nc(CSc3nnc(COc4ccccc4Cl)n3C3CC3)co2)cc1. The molecule has 0 bridgehead atoms. The van der Waals surface area contributed by atoms with E-state index in [0.29, 0.717) is 35.1 Å². The van der Waals surface area contributed by atoms with E-state index in [-0.39, 0.29) is 0 Å². The topological polar surface area (TPSA) is 66.0 Å². The van der Waals surface area contributed by atoms with E-state index in [0.717, 1.165) is 35.1 Å². The zero-order valence-corrected chi connectivity index (χ0v) is 18.6. The first-order valence-electron chi connectivity index (χ1n) is 10.1. The first-order chi connectivity index (χ1) is 15.2. The number of aryl methyl sites for hydroxylation is 1. The van der Waals surface area contributed by atoms with E-state index in [1.54, 1.807) is 18.0 Å². The summed E-state index contributed by atoms with van der Waals surface area (Å²) >= 11 is 7.80. The van der Waals surface area contributed by atoms with Crippen molar-refractivity contribution in [1.29, 1.82) is 0 Å². The van der Waals surface area contributed by atoms with Crippen LogP contribution in [0.25, 0.3) is 11.5 Å². The van der Waals surface area contributed by atoms with Gasteiger partial charge in [-0.25, -0.2) is 4.98 Å². The number of rotatable bonds is 8. The number of benzene rings is 2. The first kappa shape index (κ1) is 20.2. The van der Waals surface area contributed by atoms with Crippen molar-refractivity contribution in [2.24, 2.45) is 0 Å². The Hall–Kier alpha value is -2.77. The summed E-state index contributed by atoms with van der Waals surface area (Å²) in [4.78, 5) is 4.62. The molecular formula is C23H21ClN4O2S. The summed E-state index contributed by atoms with van der Waals surface area (Å²) in [7, 11) is 0. The van der Waals surface area contributed by atoms with Crippen molar-refractivity contribution in [3.05, 3.63) is 76.9 Å². The average molecular weight is 453 g/mol. The van der Waals surface area contributed by atoms with Crippen LogP contribution in [0.5, 0.6) is 5.75 Å². The first-order valence-corrected chi connectivity index (χ1v) is 11.5. The summed E-state index contributed by atoms with van der Waals surface area (Å²) in [6, 6.07) is 16.0. The normalized spacial score (nSPS) is 13.5. The van der Waals surface area contributed by atoms with Crippen LogP contribution in [0.15, 0.2) is 64.4 Å². The van der Waals surface area contributed by atoms with E-state index < -0.39 is 0 Å². The highest BCUT2D eigenvalue weighted by atomic mass is 35.5. The van der Waals surface area contributed by atoms with Crippen LogP contribution in [0.3, 0.4) is 0 Å². The summed E-state index contributed by atoms with van der Waals surface area (Å²) in [6.07, 6.45) is 3.97. The molecule has 0 aliphatic heterocycles. The number of hydrogen-bond acceptors (Lipinski definition) is 6. The number of thioether (sulfide) groups is 1. The standard InChI is InChI=1S/C23H21ClN4O2S/c1-15-6-8-16(9-7-15)22-25-17(12-30-22)14-31-23-27-26-21(28(23)18-10-11-18)13-29-20-5-3-2-4-19(20)24/h2-9,12,18H,10-11,13-14H2,1H3. The molecule has 0 spiro atoms. The molecule has 1 saturated carbocycles. The number of ether oxygens (including phenoxy) is 1. The Morgan fingerprint density at radius 1 is 1.13 bits per heavy atom. The van der Waals surface area contributed by atoms with Gasteiger partial charge in [0, 0.05) is 17.4 Å². The molecule has 1 fully saturated rings. The number of halogens is 1. The third-order valence-electron chi connectivity index (χ3n) is 5.04. The van der Waals surface area contributed by atoms with Gasteiger partial charge in [-0.1, -0.05) is 53.2 Å². The van der Waals surface area contributed by atoms with Crippen LogP contribution >= 0.6 is 23.4 Å². The minimum Gasteiger partial charge on any atom is -0.484 e. The van der Waals surface area contributed by atoms with E-state index >= 15 is 0 Å². The van der Waals surface area contributed by atoms with Crippen LogP contribution < -0.4 is 4.74 Å². The minimum atomic E-state index is 0.329. The van der Waals surface area contributed by atoms with Crippen LogP contribution in [-0.2, 0) is 12.4 Å². The van der Waals surface area contributed by atoms with Gasteiger partial charge in [-0.05, 0) is 44.0 Å². The van der Waals surface area contributed by atoms with Crippen molar-refractivity contribution in [1.82, 2.24) is 19.7 Å². The molecule has 0 radical (unpaired) electrons. The van der Waals surface area contributed by atoms with Crippen molar-refractivity contribution in [3.8, 4) is 17.2 Å². The van der Waals surface area contributed by atoms with Gasteiger partial charge < -0.3 is 9.15 Å². The highest BCUT2D eigenvalue weighted by molar-refractivity contribution is 7.98. The lowest BCUT2D eigenvalue weighted by atomic mass is 10.1. The van der Waals surface area contributed by atoms with Crippen molar-refractivity contribution >= 4 is 23.4 Å². The lowest BCUT2D eigenvalue weighted by molar-refractivity contribution is 0.288. The van der Waals surface area contributed by atoms with Gasteiger partial charge in [0.05, 0.1) is 10.7 Å². The fourth-order valence-corrected chi connectivity index (χ4v) is 4.34. The third kappa shape index (κ3) is 4.62. The summed E-state index contributed by atoms with van der Waals surface area (Å²) in [6.45, 7) is 2.39. The smallest absolute Gasteiger partial charge is 0.226 e. The Kier molecular flexibility index (Phi) is 5.70. The summed E-state index contributed by atoms with van der Waals surface area (Å²) in [5.41, 5.74) is 3.06.